The molecule has 0 saturated heterocycles. The maximum Gasteiger partial charge on any atom is 0.131 e. The Hall–Kier alpha value is -1.51. The maximum absolute atomic E-state index is 5.93. The van der Waals surface area contributed by atoms with Gasteiger partial charge in [-0.05, 0) is 42.3 Å². The van der Waals surface area contributed by atoms with Crippen molar-refractivity contribution in [2.24, 2.45) is 5.73 Å². The number of rotatable bonds is 3. The summed E-state index contributed by atoms with van der Waals surface area (Å²) in [6, 6.07) is 13.3. The molecular weight excluding hydrogens is 234 g/mol. The molecule has 0 fully saturated rings. The van der Waals surface area contributed by atoms with Crippen molar-refractivity contribution < 1.29 is 4.74 Å². The standard InChI is InChI=1S/C14H14ClNO/c1-10-2-5-12(15)8-14(10)17-13-6-3-11(9-16)4-7-13/h2-8H,9,16H2,1H3. The van der Waals surface area contributed by atoms with Gasteiger partial charge in [0.25, 0.3) is 0 Å². The van der Waals surface area contributed by atoms with Crippen LogP contribution in [0.3, 0.4) is 0 Å². The van der Waals surface area contributed by atoms with E-state index in [1.807, 2.05) is 49.4 Å². The fourth-order valence-electron chi connectivity index (χ4n) is 1.50. The summed E-state index contributed by atoms with van der Waals surface area (Å²) in [7, 11) is 0. The van der Waals surface area contributed by atoms with Crippen molar-refractivity contribution in [3.63, 3.8) is 0 Å². The van der Waals surface area contributed by atoms with Gasteiger partial charge in [0.1, 0.15) is 11.5 Å². The lowest BCUT2D eigenvalue weighted by Gasteiger charge is -2.09. The minimum atomic E-state index is 0.538. The Morgan fingerprint density at radius 2 is 1.82 bits per heavy atom. The second kappa shape index (κ2) is 5.21. The van der Waals surface area contributed by atoms with E-state index >= 15 is 0 Å². The molecule has 0 bridgehead atoms. The zero-order valence-electron chi connectivity index (χ0n) is 9.61. The first-order chi connectivity index (χ1) is 8.19. The molecule has 0 atom stereocenters. The van der Waals surface area contributed by atoms with Gasteiger partial charge in [0.15, 0.2) is 0 Å². The van der Waals surface area contributed by atoms with E-state index in [2.05, 4.69) is 0 Å². The van der Waals surface area contributed by atoms with Gasteiger partial charge < -0.3 is 10.5 Å². The third-order valence-electron chi connectivity index (χ3n) is 2.54. The number of hydrogen-bond donors (Lipinski definition) is 1. The lowest BCUT2D eigenvalue weighted by atomic mass is 10.2. The number of nitrogens with two attached hydrogens (primary N) is 1. The van der Waals surface area contributed by atoms with E-state index in [0.29, 0.717) is 11.6 Å². The molecule has 0 radical (unpaired) electrons. The Bertz CT molecular complexity index is 508. The first kappa shape index (κ1) is 12.0. The van der Waals surface area contributed by atoms with Crippen molar-refractivity contribution in [3.8, 4) is 11.5 Å². The van der Waals surface area contributed by atoms with Crippen LogP contribution in [-0.2, 0) is 6.54 Å². The van der Waals surface area contributed by atoms with E-state index < -0.39 is 0 Å². The number of hydrogen-bond acceptors (Lipinski definition) is 2. The van der Waals surface area contributed by atoms with E-state index in [0.717, 1.165) is 22.6 Å². The second-order valence-corrected chi connectivity index (χ2v) is 4.30. The Labute approximate surface area is 106 Å². The number of benzene rings is 2. The molecule has 17 heavy (non-hydrogen) atoms. The van der Waals surface area contributed by atoms with Gasteiger partial charge in [-0.15, -0.1) is 0 Å². The summed E-state index contributed by atoms with van der Waals surface area (Å²) in [5.41, 5.74) is 7.67. The Kier molecular flexibility index (Phi) is 3.67. The molecule has 0 heterocycles. The second-order valence-electron chi connectivity index (χ2n) is 3.86. The molecular formula is C14H14ClNO. The fourth-order valence-corrected chi connectivity index (χ4v) is 1.67. The summed E-state index contributed by atoms with van der Waals surface area (Å²) in [6.07, 6.45) is 0. The van der Waals surface area contributed by atoms with Crippen LogP contribution in [0.1, 0.15) is 11.1 Å². The van der Waals surface area contributed by atoms with Gasteiger partial charge in [0, 0.05) is 11.6 Å². The predicted molar refractivity (Wildman–Crippen MR) is 70.6 cm³/mol. The quantitative estimate of drug-likeness (QED) is 0.893. The van der Waals surface area contributed by atoms with Crippen molar-refractivity contribution in [1.82, 2.24) is 0 Å². The van der Waals surface area contributed by atoms with Crippen LogP contribution >= 0.6 is 11.6 Å². The smallest absolute Gasteiger partial charge is 0.131 e. The van der Waals surface area contributed by atoms with Crippen molar-refractivity contribution in [2.45, 2.75) is 13.5 Å². The molecule has 0 saturated carbocycles. The van der Waals surface area contributed by atoms with Crippen molar-refractivity contribution >= 4 is 11.6 Å². The van der Waals surface area contributed by atoms with Crippen molar-refractivity contribution in [3.05, 3.63) is 58.6 Å². The molecule has 3 heteroatoms. The van der Waals surface area contributed by atoms with Crippen LogP contribution in [0.15, 0.2) is 42.5 Å². The van der Waals surface area contributed by atoms with Crippen LogP contribution in [-0.4, -0.2) is 0 Å². The Balaban J connectivity index is 2.22. The molecule has 2 N–H and O–H groups in total. The van der Waals surface area contributed by atoms with Crippen LogP contribution in [0, 0.1) is 6.92 Å². The zero-order valence-corrected chi connectivity index (χ0v) is 10.4. The molecule has 0 amide bonds. The summed E-state index contributed by atoms with van der Waals surface area (Å²) in [5.74, 6) is 1.56. The molecule has 0 unspecified atom stereocenters. The first-order valence-electron chi connectivity index (χ1n) is 5.42. The topological polar surface area (TPSA) is 35.2 Å². The molecule has 88 valence electrons. The SMILES string of the molecule is Cc1ccc(Cl)cc1Oc1ccc(CN)cc1. The van der Waals surface area contributed by atoms with E-state index in [1.165, 1.54) is 0 Å². The van der Waals surface area contributed by atoms with Gasteiger partial charge in [-0.3, -0.25) is 0 Å². The highest BCUT2D eigenvalue weighted by atomic mass is 35.5. The summed E-state index contributed by atoms with van der Waals surface area (Å²) in [5, 5.41) is 0.671. The van der Waals surface area contributed by atoms with E-state index in [4.69, 9.17) is 22.1 Å². The molecule has 0 aliphatic heterocycles. The fraction of sp³-hybridized carbons (Fsp3) is 0.143. The van der Waals surface area contributed by atoms with Crippen LogP contribution in [0.5, 0.6) is 11.5 Å². The maximum atomic E-state index is 5.93. The molecule has 0 spiro atoms. The normalized spacial score (nSPS) is 10.3. The largest absolute Gasteiger partial charge is 0.457 e. The minimum absolute atomic E-state index is 0.538. The zero-order chi connectivity index (χ0) is 12.3. The van der Waals surface area contributed by atoms with Gasteiger partial charge in [-0.25, -0.2) is 0 Å². The molecule has 2 aromatic carbocycles. The van der Waals surface area contributed by atoms with Gasteiger partial charge in [-0.2, -0.15) is 0 Å². The highest BCUT2D eigenvalue weighted by Crippen LogP contribution is 2.27. The van der Waals surface area contributed by atoms with Crippen LogP contribution in [0.25, 0.3) is 0 Å². The molecule has 2 rings (SSSR count). The third kappa shape index (κ3) is 2.99. The van der Waals surface area contributed by atoms with Crippen LogP contribution in [0.4, 0.5) is 0 Å². The third-order valence-corrected chi connectivity index (χ3v) is 2.77. The number of aryl methyl sites for hydroxylation is 1. The monoisotopic (exact) mass is 247 g/mol. The highest BCUT2D eigenvalue weighted by Gasteiger charge is 2.02. The van der Waals surface area contributed by atoms with Gasteiger partial charge >= 0.3 is 0 Å². The number of halogens is 1. The first-order valence-corrected chi connectivity index (χ1v) is 5.80. The van der Waals surface area contributed by atoms with Crippen LogP contribution in [0.2, 0.25) is 5.02 Å². The summed E-state index contributed by atoms with van der Waals surface area (Å²) in [4.78, 5) is 0. The van der Waals surface area contributed by atoms with E-state index in [9.17, 15) is 0 Å². The van der Waals surface area contributed by atoms with Crippen molar-refractivity contribution in [2.75, 3.05) is 0 Å². The predicted octanol–water partition coefficient (Wildman–Crippen LogP) is 3.90. The molecule has 0 aliphatic carbocycles. The van der Waals surface area contributed by atoms with Gasteiger partial charge in [-0.1, -0.05) is 29.8 Å². The summed E-state index contributed by atoms with van der Waals surface area (Å²) < 4.78 is 5.76. The number of ether oxygens (including phenoxy) is 1. The summed E-state index contributed by atoms with van der Waals surface area (Å²) >= 11 is 5.93. The van der Waals surface area contributed by atoms with E-state index in [-0.39, 0.29) is 0 Å². The Morgan fingerprint density at radius 3 is 2.47 bits per heavy atom. The molecule has 2 nitrogen and oxygen atoms in total. The van der Waals surface area contributed by atoms with Crippen LogP contribution < -0.4 is 10.5 Å². The summed E-state index contributed by atoms with van der Waals surface area (Å²) in [6.45, 7) is 2.52. The average molecular weight is 248 g/mol. The van der Waals surface area contributed by atoms with Crippen molar-refractivity contribution in [1.29, 1.82) is 0 Å². The molecule has 2 aromatic rings. The minimum Gasteiger partial charge on any atom is -0.457 e. The highest BCUT2D eigenvalue weighted by molar-refractivity contribution is 6.30. The lowest BCUT2D eigenvalue weighted by molar-refractivity contribution is 0.479. The van der Waals surface area contributed by atoms with E-state index in [1.54, 1.807) is 0 Å². The molecule has 0 aliphatic rings. The van der Waals surface area contributed by atoms with Gasteiger partial charge in [0.2, 0.25) is 0 Å². The average Bonchev–Trinajstić information content (AvgIpc) is 2.35. The van der Waals surface area contributed by atoms with Gasteiger partial charge in [0.05, 0.1) is 0 Å². The lowest BCUT2D eigenvalue weighted by Crippen LogP contribution is -1.95. The Morgan fingerprint density at radius 1 is 1.12 bits per heavy atom. The molecule has 0 aromatic heterocycles.